The van der Waals surface area contributed by atoms with E-state index >= 15 is 0 Å². The summed E-state index contributed by atoms with van der Waals surface area (Å²) in [6.07, 6.45) is 3.68. The Morgan fingerprint density at radius 1 is 1.07 bits per heavy atom. The van der Waals surface area contributed by atoms with Crippen LogP contribution in [-0.2, 0) is 4.79 Å². The van der Waals surface area contributed by atoms with Gasteiger partial charge in [0, 0.05) is 45.5 Å². The van der Waals surface area contributed by atoms with Crippen LogP contribution in [0.4, 0.5) is 15.3 Å². The first kappa shape index (κ1) is 19.2. The molecule has 2 fully saturated rings. The Morgan fingerprint density at radius 3 is 2.73 bits per heavy atom. The highest BCUT2D eigenvalue weighted by molar-refractivity contribution is 7.22. The van der Waals surface area contributed by atoms with Crippen molar-refractivity contribution < 1.29 is 9.18 Å². The van der Waals surface area contributed by atoms with E-state index in [2.05, 4.69) is 19.8 Å². The number of thiazole rings is 1. The van der Waals surface area contributed by atoms with Crippen LogP contribution in [-0.4, -0.2) is 60.0 Å². The number of halogens is 1. The molecule has 156 valence electrons. The molecule has 2 aliphatic rings. The van der Waals surface area contributed by atoms with Gasteiger partial charge in [0.1, 0.15) is 11.6 Å². The first-order valence-electron chi connectivity index (χ1n) is 10.4. The predicted molar refractivity (Wildman–Crippen MR) is 118 cm³/mol. The molecule has 1 amide bonds. The van der Waals surface area contributed by atoms with Gasteiger partial charge in [-0.1, -0.05) is 17.4 Å². The van der Waals surface area contributed by atoms with Crippen molar-refractivity contribution in [3.63, 3.8) is 0 Å². The van der Waals surface area contributed by atoms with Gasteiger partial charge < -0.3 is 14.7 Å². The molecule has 30 heavy (non-hydrogen) atoms. The quantitative estimate of drug-likeness (QED) is 0.644. The Morgan fingerprint density at radius 2 is 1.93 bits per heavy atom. The van der Waals surface area contributed by atoms with Crippen molar-refractivity contribution in [2.45, 2.75) is 12.8 Å². The number of benzene rings is 1. The maximum Gasteiger partial charge on any atom is 0.227 e. The Hall–Kier alpha value is -2.74. The average molecular weight is 426 g/mol. The number of fused-ring (bicyclic) bond motifs is 1. The predicted octanol–water partition coefficient (Wildman–Crippen LogP) is 3.40. The van der Waals surface area contributed by atoms with E-state index in [1.54, 1.807) is 12.3 Å². The second-order valence-electron chi connectivity index (χ2n) is 7.89. The summed E-state index contributed by atoms with van der Waals surface area (Å²) in [5.41, 5.74) is 0.815. The first-order valence-corrected chi connectivity index (χ1v) is 11.2. The molecule has 0 bridgehead atoms. The minimum Gasteiger partial charge on any atom is -0.353 e. The topological polar surface area (TPSA) is 52.6 Å². The lowest BCUT2D eigenvalue weighted by atomic mass is 9.96. The highest BCUT2D eigenvalue weighted by Crippen LogP contribution is 2.32. The van der Waals surface area contributed by atoms with Crippen LogP contribution in [0.15, 0.2) is 42.6 Å². The Labute approximate surface area is 178 Å². The third kappa shape index (κ3) is 3.84. The number of aromatic nitrogens is 2. The van der Waals surface area contributed by atoms with Crippen molar-refractivity contribution in [1.29, 1.82) is 0 Å². The van der Waals surface area contributed by atoms with Crippen LogP contribution in [0.3, 0.4) is 0 Å². The van der Waals surface area contributed by atoms with Crippen molar-refractivity contribution in [1.82, 2.24) is 14.9 Å². The molecule has 1 unspecified atom stereocenters. The lowest BCUT2D eigenvalue weighted by Crippen LogP contribution is -2.52. The second-order valence-corrected chi connectivity index (χ2v) is 8.90. The van der Waals surface area contributed by atoms with Gasteiger partial charge in [0.05, 0.1) is 16.1 Å². The van der Waals surface area contributed by atoms with Gasteiger partial charge in [-0.3, -0.25) is 4.79 Å². The van der Waals surface area contributed by atoms with Crippen molar-refractivity contribution >= 4 is 38.4 Å². The molecule has 0 N–H and O–H groups in total. The first-order chi connectivity index (χ1) is 14.7. The van der Waals surface area contributed by atoms with Crippen LogP contribution >= 0.6 is 11.3 Å². The van der Waals surface area contributed by atoms with E-state index < -0.39 is 0 Å². The number of nitrogens with zero attached hydrogens (tertiary/aromatic N) is 5. The molecule has 0 spiro atoms. The third-order valence-electron chi connectivity index (χ3n) is 5.94. The fourth-order valence-corrected chi connectivity index (χ4v) is 5.35. The molecule has 1 atom stereocenters. The summed E-state index contributed by atoms with van der Waals surface area (Å²) in [6, 6.07) is 10.6. The van der Waals surface area contributed by atoms with E-state index in [1.807, 2.05) is 23.1 Å². The monoisotopic (exact) mass is 425 g/mol. The zero-order valence-electron chi connectivity index (χ0n) is 16.7. The number of rotatable bonds is 3. The van der Waals surface area contributed by atoms with Gasteiger partial charge in [0.25, 0.3) is 0 Å². The smallest absolute Gasteiger partial charge is 0.227 e. The molecule has 2 aliphatic heterocycles. The standard InChI is InChI=1S/C22H24FN5OS/c23-17-6-7-18-19(14-17)30-22(25-18)28-9-3-4-16(15-28)21(29)27-12-10-26(11-13-27)20-5-1-2-8-24-20/h1-2,5-8,14,16H,3-4,9-13,15H2. The summed E-state index contributed by atoms with van der Waals surface area (Å²) >= 11 is 1.50. The van der Waals surface area contributed by atoms with E-state index in [9.17, 15) is 9.18 Å². The zero-order valence-corrected chi connectivity index (χ0v) is 17.5. The minimum atomic E-state index is -0.241. The largest absolute Gasteiger partial charge is 0.353 e. The highest BCUT2D eigenvalue weighted by Gasteiger charge is 2.32. The van der Waals surface area contributed by atoms with Gasteiger partial charge in [-0.25, -0.2) is 14.4 Å². The Balaban J connectivity index is 1.23. The molecule has 5 rings (SSSR count). The number of carbonyl (C=O) groups is 1. The van der Waals surface area contributed by atoms with E-state index in [0.717, 1.165) is 66.7 Å². The maximum absolute atomic E-state index is 13.5. The molecule has 0 saturated carbocycles. The average Bonchev–Trinajstić information content (AvgIpc) is 3.23. The number of piperazine rings is 1. The van der Waals surface area contributed by atoms with Crippen molar-refractivity contribution in [2.75, 3.05) is 49.1 Å². The minimum absolute atomic E-state index is 0.0103. The lowest BCUT2D eigenvalue weighted by Gasteiger charge is -2.39. The number of anilines is 2. The van der Waals surface area contributed by atoms with Crippen molar-refractivity contribution in [3.05, 3.63) is 48.4 Å². The highest BCUT2D eigenvalue weighted by atomic mass is 32.1. The summed E-state index contributed by atoms with van der Waals surface area (Å²) in [7, 11) is 0. The van der Waals surface area contributed by atoms with Crippen LogP contribution in [0.5, 0.6) is 0 Å². The summed E-state index contributed by atoms with van der Waals surface area (Å²) in [5.74, 6) is 0.964. The van der Waals surface area contributed by atoms with Crippen LogP contribution in [0.25, 0.3) is 10.2 Å². The fraction of sp³-hybridized carbons (Fsp3) is 0.409. The number of pyridine rings is 1. The van der Waals surface area contributed by atoms with E-state index in [-0.39, 0.29) is 17.6 Å². The molecular formula is C22H24FN5OS. The molecule has 2 aromatic heterocycles. The van der Waals surface area contributed by atoms with Gasteiger partial charge in [-0.05, 0) is 43.2 Å². The molecule has 8 heteroatoms. The molecular weight excluding hydrogens is 401 g/mol. The lowest BCUT2D eigenvalue weighted by molar-refractivity contribution is -0.136. The summed E-state index contributed by atoms with van der Waals surface area (Å²) in [6.45, 7) is 4.64. The van der Waals surface area contributed by atoms with Crippen LogP contribution in [0.2, 0.25) is 0 Å². The normalized spacial score (nSPS) is 20.0. The number of amides is 1. The Bertz CT molecular complexity index is 1030. The molecule has 0 aliphatic carbocycles. The van der Waals surface area contributed by atoms with Gasteiger partial charge in [0.2, 0.25) is 5.91 Å². The second kappa shape index (κ2) is 8.18. The maximum atomic E-state index is 13.5. The Kier molecular flexibility index (Phi) is 5.25. The molecule has 6 nitrogen and oxygen atoms in total. The van der Waals surface area contributed by atoms with E-state index in [1.165, 1.54) is 23.5 Å². The van der Waals surface area contributed by atoms with Crippen LogP contribution in [0, 0.1) is 11.7 Å². The molecule has 2 saturated heterocycles. The van der Waals surface area contributed by atoms with E-state index in [0.29, 0.717) is 6.54 Å². The summed E-state index contributed by atoms with van der Waals surface area (Å²) in [4.78, 5) is 28.7. The number of hydrogen-bond acceptors (Lipinski definition) is 6. The van der Waals surface area contributed by atoms with Gasteiger partial charge in [-0.15, -0.1) is 0 Å². The molecule has 0 radical (unpaired) electrons. The van der Waals surface area contributed by atoms with Crippen LogP contribution < -0.4 is 9.80 Å². The number of piperidine rings is 1. The SMILES string of the molecule is O=C(C1CCCN(c2nc3ccc(F)cc3s2)C1)N1CCN(c2ccccn2)CC1. The number of hydrogen-bond donors (Lipinski definition) is 0. The summed E-state index contributed by atoms with van der Waals surface area (Å²) in [5, 5.41) is 0.882. The van der Waals surface area contributed by atoms with Crippen molar-refractivity contribution in [2.24, 2.45) is 5.92 Å². The summed E-state index contributed by atoms with van der Waals surface area (Å²) < 4.78 is 14.4. The van der Waals surface area contributed by atoms with E-state index in [4.69, 9.17) is 0 Å². The zero-order chi connectivity index (χ0) is 20.5. The van der Waals surface area contributed by atoms with Crippen LogP contribution in [0.1, 0.15) is 12.8 Å². The van der Waals surface area contributed by atoms with Crippen molar-refractivity contribution in [3.8, 4) is 0 Å². The van der Waals surface area contributed by atoms with Gasteiger partial charge in [0.15, 0.2) is 5.13 Å². The molecule has 4 heterocycles. The fourth-order valence-electron chi connectivity index (χ4n) is 4.33. The van der Waals surface area contributed by atoms with Gasteiger partial charge >= 0.3 is 0 Å². The van der Waals surface area contributed by atoms with Gasteiger partial charge in [-0.2, -0.15) is 0 Å². The molecule has 1 aromatic carbocycles. The number of carbonyl (C=O) groups excluding carboxylic acids is 1. The third-order valence-corrected chi connectivity index (χ3v) is 7.02. The molecule has 3 aromatic rings.